The molecule has 0 fully saturated rings. The number of hydrogen-bond donors (Lipinski definition) is 2. The number of hydrogen-bond acceptors (Lipinski definition) is 3. The minimum absolute atomic E-state index is 0.0114. The first-order chi connectivity index (χ1) is 8.86. The Morgan fingerprint density at radius 2 is 2.05 bits per heavy atom. The molecule has 0 aliphatic heterocycles. The van der Waals surface area contributed by atoms with Gasteiger partial charge in [0.2, 0.25) is 0 Å². The average molecular weight is 325 g/mol. The van der Waals surface area contributed by atoms with Crippen LogP contribution in [-0.4, -0.2) is 11.9 Å². The van der Waals surface area contributed by atoms with E-state index in [9.17, 15) is 4.39 Å². The number of benzene rings is 1. The second-order valence-corrected chi connectivity index (χ2v) is 5.05. The molecule has 0 radical (unpaired) electrons. The first-order valence-electron chi connectivity index (χ1n) is 5.55. The third-order valence-corrected chi connectivity index (χ3v) is 2.75. The van der Waals surface area contributed by atoms with Crippen molar-refractivity contribution in [2.75, 3.05) is 0 Å². The zero-order chi connectivity index (χ0) is 14.6. The van der Waals surface area contributed by atoms with E-state index in [1.165, 1.54) is 12.1 Å². The van der Waals surface area contributed by atoms with E-state index in [4.69, 9.17) is 16.7 Å². The van der Waals surface area contributed by atoms with Crippen molar-refractivity contribution in [1.82, 2.24) is 0 Å². The van der Waals surface area contributed by atoms with E-state index in [0.29, 0.717) is 4.47 Å². The van der Waals surface area contributed by atoms with Crippen LogP contribution in [0, 0.1) is 17.1 Å². The number of aliphatic imine (C=N–C) groups is 1. The van der Waals surface area contributed by atoms with E-state index in [0.717, 1.165) is 0 Å². The highest BCUT2D eigenvalue weighted by molar-refractivity contribution is 9.10. The maximum absolute atomic E-state index is 13.8. The van der Waals surface area contributed by atoms with E-state index >= 15 is 0 Å². The minimum atomic E-state index is -0.531. The van der Waals surface area contributed by atoms with Gasteiger partial charge in [0.15, 0.2) is 0 Å². The molecule has 0 aliphatic rings. The molecule has 0 aromatic heterocycles. The van der Waals surface area contributed by atoms with Crippen LogP contribution in [0.3, 0.4) is 0 Å². The van der Waals surface area contributed by atoms with Crippen molar-refractivity contribution in [2.45, 2.75) is 19.9 Å². The zero-order valence-corrected chi connectivity index (χ0v) is 12.2. The van der Waals surface area contributed by atoms with Gasteiger partial charge in [-0.15, -0.1) is 0 Å². The van der Waals surface area contributed by atoms with Gasteiger partial charge in [-0.3, -0.25) is 4.99 Å². The SMILES string of the molecule is CC(C)N=C(N)/C(C#N)=C(\N)c1ccc(Br)cc1F. The minimum Gasteiger partial charge on any atom is -0.397 e. The summed E-state index contributed by atoms with van der Waals surface area (Å²) < 4.78 is 14.4. The maximum Gasteiger partial charge on any atom is 0.138 e. The second-order valence-electron chi connectivity index (χ2n) is 4.13. The monoisotopic (exact) mass is 324 g/mol. The highest BCUT2D eigenvalue weighted by Crippen LogP contribution is 2.21. The lowest BCUT2D eigenvalue weighted by molar-refractivity contribution is 0.623. The normalized spacial score (nSPS) is 13.2. The van der Waals surface area contributed by atoms with E-state index in [-0.39, 0.29) is 28.7 Å². The maximum atomic E-state index is 13.8. The fourth-order valence-corrected chi connectivity index (χ4v) is 1.77. The molecule has 0 saturated carbocycles. The molecule has 6 heteroatoms. The first-order valence-corrected chi connectivity index (χ1v) is 6.35. The van der Waals surface area contributed by atoms with E-state index < -0.39 is 5.82 Å². The van der Waals surface area contributed by atoms with Crippen LogP contribution >= 0.6 is 15.9 Å². The number of nitriles is 1. The van der Waals surface area contributed by atoms with Gasteiger partial charge in [-0.2, -0.15) is 5.26 Å². The molecule has 0 aliphatic carbocycles. The highest BCUT2D eigenvalue weighted by atomic mass is 79.9. The predicted octanol–water partition coefficient (Wildman–Crippen LogP) is 2.55. The van der Waals surface area contributed by atoms with E-state index in [1.54, 1.807) is 6.07 Å². The molecule has 0 spiro atoms. The van der Waals surface area contributed by atoms with Crippen LogP contribution in [0.15, 0.2) is 33.2 Å². The third kappa shape index (κ3) is 3.80. The fraction of sp³-hybridized carbons (Fsp3) is 0.231. The van der Waals surface area contributed by atoms with Crippen LogP contribution in [0.4, 0.5) is 4.39 Å². The Balaban J connectivity index is 3.37. The zero-order valence-electron chi connectivity index (χ0n) is 10.6. The summed E-state index contributed by atoms with van der Waals surface area (Å²) in [5, 5.41) is 9.11. The van der Waals surface area contributed by atoms with E-state index in [1.807, 2.05) is 19.9 Å². The molecular formula is C13H14BrFN4. The van der Waals surface area contributed by atoms with Gasteiger partial charge in [0.1, 0.15) is 23.3 Å². The molecular weight excluding hydrogens is 311 g/mol. The Morgan fingerprint density at radius 1 is 1.42 bits per heavy atom. The Bertz CT molecular complexity index is 585. The van der Waals surface area contributed by atoms with Crippen LogP contribution < -0.4 is 11.5 Å². The molecule has 1 rings (SSSR count). The lowest BCUT2D eigenvalue weighted by atomic mass is 10.1. The molecule has 0 saturated heterocycles. The van der Waals surface area contributed by atoms with Crippen LogP contribution in [0.5, 0.6) is 0 Å². The summed E-state index contributed by atoms with van der Waals surface area (Å²) in [7, 11) is 0. The summed E-state index contributed by atoms with van der Waals surface area (Å²) in [5.41, 5.74) is 11.6. The van der Waals surface area contributed by atoms with Crippen molar-refractivity contribution in [3.8, 4) is 6.07 Å². The molecule has 4 nitrogen and oxygen atoms in total. The van der Waals surface area contributed by atoms with Crippen LogP contribution in [0.1, 0.15) is 19.4 Å². The summed E-state index contributed by atoms with van der Waals surface area (Å²) in [5.74, 6) is -0.519. The molecule has 0 atom stereocenters. The molecule has 100 valence electrons. The van der Waals surface area contributed by atoms with Crippen LogP contribution in [0.2, 0.25) is 0 Å². The average Bonchev–Trinajstić information content (AvgIpc) is 2.28. The van der Waals surface area contributed by atoms with Gasteiger partial charge in [0.05, 0.1) is 5.70 Å². The number of nitrogens with two attached hydrogens (primary N) is 2. The lowest BCUT2D eigenvalue weighted by Crippen LogP contribution is -2.20. The molecule has 1 aromatic carbocycles. The van der Waals surface area contributed by atoms with Crippen molar-refractivity contribution >= 4 is 27.5 Å². The molecule has 0 bridgehead atoms. The Labute approximate surface area is 119 Å². The van der Waals surface area contributed by atoms with Gasteiger partial charge in [-0.05, 0) is 32.0 Å². The standard InChI is InChI=1S/C13H14BrFN4/c1-7(2)19-13(18)10(6-16)12(17)9-4-3-8(14)5-11(9)15/h3-5,7H,17H2,1-2H3,(H2,18,19)/b12-10-. The van der Waals surface area contributed by atoms with Crippen LogP contribution in [0.25, 0.3) is 5.70 Å². The van der Waals surface area contributed by atoms with Gasteiger partial charge in [0, 0.05) is 16.1 Å². The van der Waals surface area contributed by atoms with Gasteiger partial charge >= 0.3 is 0 Å². The quantitative estimate of drug-likeness (QED) is 0.508. The summed E-state index contributed by atoms with van der Waals surface area (Å²) in [6.07, 6.45) is 0. The first kappa shape index (κ1) is 15.2. The summed E-state index contributed by atoms with van der Waals surface area (Å²) in [6, 6.07) is 6.18. The number of rotatable bonds is 3. The highest BCUT2D eigenvalue weighted by Gasteiger charge is 2.14. The van der Waals surface area contributed by atoms with Gasteiger partial charge in [-0.1, -0.05) is 15.9 Å². The Kier molecular flexibility index (Phi) is 5.07. The number of halogens is 2. The summed E-state index contributed by atoms with van der Waals surface area (Å²) in [6.45, 7) is 3.64. The Hall–Kier alpha value is -1.87. The van der Waals surface area contributed by atoms with Gasteiger partial charge < -0.3 is 11.5 Å². The smallest absolute Gasteiger partial charge is 0.138 e. The molecule has 0 unspecified atom stereocenters. The number of nitrogens with zero attached hydrogens (tertiary/aromatic N) is 2. The largest absolute Gasteiger partial charge is 0.397 e. The third-order valence-electron chi connectivity index (χ3n) is 2.26. The number of amidine groups is 1. The summed E-state index contributed by atoms with van der Waals surface area (Å²) in [4.78, 5) is 4.04. The van der Waals surface area contributed by atoms with Gasteiger partial charge in [0.25, 0.3) is 0 Å². The summed E-state index contributed by atoms with van der Waals surface area (Å²) >= 11 is 3.15. The second kappa shape index (κ2) is 6.34. The van der Waals surface area contributed by atoms with Crippen molar-refractivity contribution in [1.29, 1.82) is 5.26 Å². The van der Waals surface area contributed by atoms with Crippen molar-refractivity contribution in [3.63, 3.8) is 0 Å². The fourth-order valence-electron chi connectivity index (χ4n) is 1.44. The molecule has 4 N–H and O–H groups in total. The van der Waals surface area contributed by atoms with Crippen LogP contribution in [-0.2, 0) is 0 Å². The van der Waals surface area contributed by atoms with Gasteiger partial charge in [-0.25, -0.2) is 4.39 Å². The molecule has 0 heterocycles. The Morgan fingerprint density at radius 3 is 2.53 bits per heavy atom. The van der Waals surface area contributed by atoms with Crippen molar-refractivity contribution < 1.29 is 4.39 Å². The lowest BCUT2D eigenvalue weighted by Gasteiger charge is -2.08. The molecule has 1 aromatic rings. The molecule has 0 amide bonds. The predicted molar refractivity (Wildman–Crippen MR) is 77.6 cm³/mol. The molecule has 19 heavy (non-hydrogen) atoms. The topological polar surface area (TPSA) is 88.2 Å². The van der Waals surface area contributed by atoms with Crippen molar-refractivity contribution in [3.05, 3.63) is 39.6 Å². The van der Waals surface area contributed by atoms with Crippen molar-refractivity contribution in [2.24, 2.45) is 16.5 Å². The van der Waals surface area contributed by atoms with E-state index in [2.05, 4.69) is 20.9 Å².